The molecule has 128 valence electrons. The Morgan fingerprint density at radius 3 is 2.96 bits per heavy atom. The maximum Gasteiger partial charge on any atom is 0.165 e. The van der Waals surface area contributed by atoms with E-state index < -0.39 is 0 Å². The van der Waals surface area contributed by atoms with Crippen LogP contribution in [0, 0.1) is 5.82 Å². The molecule has 5 rings (SSSR count). The highest BCUT2D eigenvalue weighted by atomic mass is 19.1. The van der Waals surface area contributed by atoms with Gasteiger partial charge in [0.15, 0.2) is 17.2 Å². The third-order valence-corrected chi connectivity index (χ3v) is 4.98. The van der Waals surface area contributed by atoms with Gasteiger partial charge >= 0.3 is 0 Å². The third-order valence-electron chi connectivity index (χ3n) is 4.98. The molecule has 0 fully saturated rings. The van der Waals surface area contributed by atoms with E-state index in [0.29, 0.717) is 25.3 Å². The van der Waals surface area contributed by atoms with Crippen LogP contribution in [-0.2, 0) is 13.0 Å². The minimum absolute atomic E-state index is 0.0233. The van der Waals surface area contributed by atoms with Crippen molar-refractivity contribution in [3.05, 3.63) is 47.0 Å². The van der Waals surface area contributed by atoms with Crippen molar-refractivity contribution in [3.63, 3.8) is 0 Å². The number of rotatable bonds is 1. The van der Waals surface area contributed by atoms with Crippen LogP contribution in [0.3, 0.4) is 0 Å². The first-order chi connectivity index (χ1) is 12.3. The van der Waals surface area contributed by atoms with Gasteiger partial charge in [0.25, 0.3) is 0 Å². The highest BCUT2D eigenvalue weighted by Gasteiger charge is 2.31. The molecule has 0 bridgehead atoms. The lowest BCUT2D eigenvalue weighted by Crippen LogP contribution is -2.13. The van der Waals surface area contributed by atoms with E-state index in [2.05, 4.69) is 22.4 Å². The minimum Gasteiger partial charge on any atom is -0.493 e. The topological polar surface area (TPSA) is 60.7 Å². The van der Waals surface area contributed by atoms with Gasteiger partial charge in [-0.15, -0.1) is 10.2 Å². The fourth-order valence-electron chi connectivity index (χ4n) is 3.71. The molecule has 2 aliphatic heterocycles. The zero-order chi connectivity index (χ0) is 17.0. The van der Waals surface area contributed by atoms with Crippen LogP contribution in [0.25, 0.3) is 5.65 Å². The number of anilines is 1. The van der Waals surface area contributed by atoms with Gasteiger partial charge in [-0.1, -0.05) is 6.92 Å². The molecule has 0 unspecified atom stereocenters. The van der Waals surface area contributed by atoms with Gasteiger partial charge < -0.3 is 14.8 Å². The molecular formula is C18H17FN4O2. The summed E-state index contributed by atoms with van der Waals surface area (Å²) in [7, 11) is 0. The van der Waals surface area contributed by atoms with E-state index in [9.17, 15) is 4.39 Å². The molecule has 1 N–H and O–H groups in total. The van der Waals surface area contributed by atoms with E-state index in [1.54, 1.807) is 12.4 Å². The molecule has 7 heteroatoms. The molecule has 0 saturated carbocycles. The quantitative estimate of drug-likeness (QED) is 0.738. The maximum absolute atomic E-state index is 14.5. The van der Waals surface area contributed by atoms with Crippen molar-refractivity contribution in [2.45, 2.75) is 25.8 Å². The van der Waals surface area contributed by atoms with Gasteiger partial charge in [0, 0.05) is 23.2 Å². The van der Waals surface area contributed by atoms with E-state index >= 15 is 0 Å². The summed E-state index contributed by atoms with van der Waals surface area (Å²) in [4.78, 5) is 0. The first-order valence-electron chi connectivity index (χ1n) is 8.42. The maximum atomic E-state index is 14.5. The van der Waals surface area contributed by atoms with Gasteiger partial charge in [0.2, 0.25) is 0 Å². The third kappa shape index (κ3) is 2.08. The van der Waals surface area contributed by atoms with Gasteiger partial charge in [-0.25, -0.2) is 4.39 Å². The average Bonchev–Trinajstić information content (AvgIpc) is 3.26. The molecule has 25 heavy (non-hydrogen) atoms. The van der Waals surface area contributed by atoms with Gasteiger partial charge in [-0.05, 0) is 24.6 Å². The van der Waals surface area contributed by atoms with Crippen LogP contribution >= 0.6 is 0 Å². The van der Waals surface area contributed by atoms with Crippen molar-refractivity contribution in [1.82, 2.24) is 14.6 Å². The van der Waals surface area contributed by atoms with Crippen molar-refractivity contribution in [2.75, 3.05) is 18.5 Å². The number of nitrogens with one attached hydrogen (secondary N) is 1. The van der Waals surface area contributed by atoms with Gasteiger partial charge in [-0.2, -0.15) is 0 Å². The lowest BCUT2D eigenvalue weighted by molar-refractivity contribution is 0.248. The number of pyridine rings is 1. The molecular weight excluding hydrogens is 323 g/mol. The molecule has 6 nitrogen and oxygen atoms in total. The highest BCUT2D eigenvalue weighted by Crippen LogP contribution is 2.40. The van der Waals surface area contributed by atoms with Crippen LogP contribution in [-0.4, -0.2) is 27.8 Å². The van der Waals surface area contributed by atoms with Crippen LogP contribution in [0.1, 0.15) is 29.5 Å². The number of aromatic nitrogens is 3. The normalized spacial score (nSPS) is 18.2. The molecule has 3 aromatic rings. The number of hydrogen-bond donors (Lipinski definition) is 1. The number of ether oxygens (including phenoxy) is 2. The highest BCUT2D eigenvalue weighted by molar-refractivity contribution is 5.64. The Labute approximate surface area is 143 Å². The summed E-state index contributed by atoms with van der Waals surface area (Å²) in [5.41, 5.74) is 3.40. The Morgan fingerprint density at radius 1 is 1.28 bits per heavy atom. The molecule has 0 radical (unpaired) electrons. The summed E-state index contributed by atoms with van der Waals surface area (Å²) in [5.74, 6) is 2.02. The molecule has 1 atom stereocenters. The monoisotopic (exact) mass is 340 g/mol. The summed E-state index contributed by atoms with van der Waals surface area (Å²) >= 11 is 0. The van der Waals surface area contributed by atoms with Crippen LogP contribution in [0.5, 0.6) is 11.5 Å². The number of aryl methyl sites for hydroxylation is 1. The van der Waals surface area contributed by atoms with E-state index in [0.717, 1.165) is 40.5 Å². The molecule has 2 aromatic heterocycles. The van der Waals surface area contributed by atoms with Crippen LogP contribution in [0.4, 0.5) is 10.2 Å². The number of halogens is 1. The summed E-state index contributed by atoms with van der Waals surface area (Å²) in [6.45, 7) is 3.37. The smallest absolute Gasteiger partial charge is 0.165 e. The second-order valence-corrected chi connectivity index (χ2v) is 6.37. The first-order valence-corrected chi connectivity index (χ1v) is 8.42. The van der Waals surface area contributed by atoms with E-state index in [-0.39, 0.29) is 11.7 Å². The molecule has 0 aliphatic carbocycles. The molecule has 0 amide bonds. The predicted molar refractivity (Wildman–Crippen MR) is 89.8 cm³/mol. The Hall–Kier alpha value is -2.83. The van der Waals surface area contributed by atoms with Crippen molar-refractivity contribution in [1.29, 1.82) is 0 Å². The molecule has 4 heterocycles. The fraction of sp³-hybridized carbons (Fsp3) is 0.333. The minimum atomic E-state index is -0.227. The van der Waals surface area contributed by atoms with Crippen molar-refractivity contribution in [3.8, 4) is 11.5 Å². The standard InChI is InChI=1S/C18H17FN4O2/c1-2-10-5-15-18(23-9-21-22-17(10)23)20-6-12-13(19)3-4-14-16(12)11(7-24-14)8-25-15/h3-5,9,11,20H,2,6-8H2,1H3/t11-/m1/s1. The van der Waals surface area contributed by atoms with E-state index in [1.165, 1.54) is 6.07 Å². The van der Waals surface area contributed by atoms with Crippen LogP contribution < -0.4 is 14.8 Å². The van der Waals surface area contributed by atoms with Crippen molar-refractivity contribution >= 4 is 11.5 Å². The summed E-state index contributed by atoms with van der Waals surface area (Å²) in [6, 6.07) is 5.16. The van der Waals surface area contributed by atoms with Gasteiger partial charge in [0.05, 0.1) is 19.1 Å². The number of hydrogen-bond acceptors (Lipinski definition) is 5. The van der Waals surface area contributed by atoms with Crippen molar-refractivity contribution in [2.24, 2.45) is 0 Å². The number of benzene rings is 1. The summed E-state index contributed by atoms with van der Waals surface area (Å²) in [5, 5.41) is 11.5. The zero-order valence-electron chi connectivity index (χ0n) is 13.8. The summed E-state index contributed by atoms with van der Waals surface area (Å²) < 4.78 is 28.2. The zero-order valence-corrected chi connectivity index (χ0v) is 13.8. The second kappa shape index (κ2) is 5.34. The molecule has 2 aliphatic rings. The van der Waals surface area contributed by atoms with Gasteiger partial charge in [0.1, 0.15) is 17.9 Å². The number of fused-ring (bicyclic) bond motifs is 3. The lowest BCUT2D eigenvalue weighted by atomic mass is 9.96. The molecule has 1 aromatic carbocycles. The van der Waals surface area contributed by atoms with E-state index in [1.807, 2.05) is 10.5 Å². The fourth-order valence-corrected chi connectivity index (χ4v) is 3.71. The number of nitrogens with zero attached hydrogens (tertiary/aromatic N) is 3. The van der Waals surface area contributed by atoms with Crippen molar-refractivity contribution < 1.29 is 13.9 Å². The molecule has 0 saturated heterocycles. The van der Waals surface area contributed by atoms with E-state index in [4.69, 9.17) is 9.47 Å². The lowest BCUT2D eigenvalue weighted by Gasteiger charge is -2.16. The second-order valence-electron chi connectivity index (χ2n) is 6.37. The summed E-state index contributed by atoms with van der Waals surface area (Å²) in [6.07, 6.45) is 2.48. The largest absolute Gasteiger partial charge is 0.493 e. The van der Waals surface area contributed by atoms with Crippen LogP contribution in [0.2, 0.25) is 0 Å². The predicted octanol–water partition coefficient (Wildman–Crippen LogP) is 2.91. The molecule has 0 spiro atoms. The Kier molecular flexibility index (Phi) is 3.10. The van der Waals surface area contributed by atoms with Crippen LogP contribution in [0.15, 0.2) is 24.5 Å². The SMILES string of the molecule is CCc1cc2c(n3cnnc13)NCc1c(F)ccc3c1[C@H](CO3)CO2. The Balaban J connectivity index is 1.68. The first kappa shape index (κ1) is 14.5. The van der Waals surface area contributed by atoms with Gasteiger partial charge in [-0.3, -0.25) is 4.40 Å². The average molecular weight is 340 g/mol. The Bertz CT molecular complexity index is 985. The Morgan fingerprint density at radius 2 is 2.12 bits per heavy atom.